The van der Waals surface area contributed by atoms with Gasteiger partial charge in [0, 0.05) is 55.5 Å². The van der Waals surface area contributed by atoms with E-state index in [2.05, 4.69) is 27.3 Å². The van der Waals surface area contributed by atoms with Gasteiger partial charge in [-0.25, -0.2) is 22.2 Å². The maximum atomic E-state index is 14.6. The summed E-state index contributed by atoms with van der Waals surface area (Å²) in [4.78, 5) is 17.8. The van der Waals surface area contributed by atoms with E-state index in [1.54, 1.807) is 16.8 Å². The second kappa shape index (κ2) is 11.1. The van der Waals surface area contributed by atoms with Crippen molar-refractivity contribution in [1.29, 1.82) is 0 Å². The van der Waals surface area contributed by atoms with Gasteiger partial charge in [0.1, 0.15) is 0 Å². The molecule has 41 heavy (non-hydrogen) atoms. The van der Waals surface area contributed by atoms with Gasteiger partial charge in [-0.05, 0) is 68.3 Å². The second-order valence-electron chi connectivity index (χ2n) is 10.5. The number of hydrogen-bond acceptors (Lipinski definition) is 5. The largest absolute Gasteiger partial charge is 0.369 e. The van der Waals surface area contributed by atoms with Crippen LogP contribution in [-0.4, -0.2) is 60.4 Å². The smallest absolute Gasteiger partial charge is 0.256 e. The fraction of sp³-hybridized carbons (Fsp3) is 0.333. The molecule has 1 amide bonds. The van der Waals surface area contributed by atoms with Crippen LogP contribution in [0.15, 0.2) is 48.5 Å². The highest BCUT2D eigenvalue weighted by atomic mass is 19.2. The normalized spacial score (nSPS) is 18.2. The van der Waals surface area contributed by atoms with Crippen molar-refractivity contribution in [1.82, 2.24) is 14.7 Å². The van der Waals surface area contributed by atoms with E-state index in [0.29, 0.717) is 29.5 Å². The van der Waals surface area contributed by atoms with E-state index in [9.17, 15) is 22.4 Å². The molecule has 2 fully saturated rings. The SMILES string of the molecule is CN1CCN(c2ccc(C(=O)Nc3nn(C4CCCCO4)c4cc(-c5c(F)c(F)cc(F)c5F)ccc34)cc2)CC1. The first kappa shape index (κ1) is 27.2. The number of fused-ring (bicyclic) bond motifs is 1. The van der Waals surface area contributed by atoms with Gasteiger partial charge in [-0.2, -0.15) is 5.10 Å². The molecule has 4 aromatic rings. The van der Waals surface area contributed by atoms with Crippen molar-refractivity contribution in [2.24, 2.45) is 0 Å². The summed E-state index contributed by atoms with van der Waals surface area (Å²) in [6.07, 6.45) is 1.92. The van der Waals surface area contributed by atoms with Crippen molar-refractivity contribution >= 4 is 28.3 Å². The van der Waals surface area contributed by atoms with E-state index in [1.165, 1.54) is 18.2 Å². The standard InChI is InChI=1S/C30H29F4N5O2/c1-37-11-13-38(14-12-37)20-8-5-18(6-9-20)30(40)35-29-21-10-7-19(26-27(33)22(31)17-23(32)28(26)34)16-24(21)39(36-29)25-4-2-3-15-41-25/h5-10,16-17,25H,2-4,11-15H2,1H3,(H,35,36,40). The number of carbonyl (C=O) groups is 1. The zero-order chi connectivity index (χ0) is 28.7. The van der Waals surface area contributed by atoms with Crippen molar-refractivity contribution in [2.75, 3.05) is 50.1 Å². The summed E-state index contributed by atoms with van der Waals surface area (Å²) >= 11 is 0. The Bertz CT molecular complexity index is 1570. The van der Waals surface area contributed by atoms with Gasteiger partial charge in [0.2, 0.25) is 0 Å². The van der Waals surface area contributed by atoms with Crippen LogP contribution in [0.3, 0.4) is 0 Å². The molecule has 0 aliphatic carbocycles. The Morgan fingerprint density at radius 1 is 0.927 bits per heavy atom. The van der Waals surface area contributed by atoms with Gasteiger partial charge >= 0.3 is 0 Å². The van der Waals surface area contributed by atoms with E-state index in [4.69, 9.17) is 4.74 Å². The van der Waals surface area contributed by atoms with E-state index in [-0.39, 0.29) is 23.4 Å². The van der Waals surface area contributed by atoms with Gasteiger partial charge in [-0.15, -0.1) is 0 Å². The quantitative estimate of drug-likeness (QED) is 0.238. The van der Waals surface area contributed by atoms with Crippen molar-refractivity contribution in [2.45, 2.75) is 25.5 Å². The molecule has 1 unspecified atom stereocenters. The Labute approximate surface area is 234 Å². The van der Waals surface area contributed by atoms with Gasteiger partial charge in [0.15, 0.2) is 35.3 Å². The molecule has 6 rings (SSSR count). The van der Waals surface area contributed by atoms with Crippen molar-refractivity contribution in [3.63, 3.8) is 0 Å². The highest BCUT2D eigenvalue weighted by molar-refractivity contribution is 6.08. The number of carbonyl (C=O) groups excluding carboxylic acids is 1. The molecular formula is C30H29F4N5O2. The van der Waals surface area contributed by atoms with E-state index >= 15 is 0 Å². The summed E-state index contributed by atoms with van der Waals surface area (Å²) in [6, 6.07) is 11.8. The van der Waals surface area contributed by atoms with Crippen molar-refractivity contribution in [3.8, 4) is 11.1 Å². The summed E-state index contributed by atoms with van der Waals surface area (Å²) < 4.78 is 64.6. The number of ether oxygens (including phenoxy) is 1. The lowest BCUT2D eigenvalue weighted by Crippen LogP contribution is -2.44. The highest BCUT2D eigenvalue weighted by Crippen LogP contribution is 2.36. The molecule has 0 saturated carbocycles. The van der Waals surface area contributed by atoms with Gasteiger partial charge in [0.25, 0.3) is 5.91 Å². The molecule has 3 aromatic carbocycles. The maximum Gasteiger partial charge on any atom is 0.256 e. The number of hydrogen-bond donors (Lipinski definition) is 1. The fourth-order valence-electron chi connectivity index (χ4n) is 5.42. The number of anilines is 2. The molecule has 2 saturated heterocycles. The van der Waals surface area contributed by atoms with Gasteiger partial charge in [0.05, 0.1) is 11.1 Å². The zero-order valence-corrected chi connectivity index (χ0v) is 22.5. The zero-order valence-electron chi connectivity index (χ0n) is 22.5. The summed E-state index contributed by atoms with van der Waals surface area (Å²) in [6.45, 7) is 4.26. The average molecular weight is 568 g/mol. The molecule has 11 heteroatoms. The Hall–Kier alpha value is -3.96. The van der Waals surface area contributed by atoms with Crippen LogP contribution < -0.4 is 10.2 Å². The topological polar surface area (TPSA) is 62.6 Å². The number of halogens is 4. The molecule has 214 valence electrons. The van der Waals surface area contributed by atoms with Crippen LogP contribution in [0, 0.1) is 23.3 Å². The number of piperazine rings is 1. The third kappa shape index (κ3) is 5.27. The first-order chi connectivity index (χ1) is 19.8. The van der Waals surface area contributed by atoms with Crippen LogP contribution in [0.4, 0.5) is 29.1 Å². The molecular weight excluding hydrogens is 538 g/mol. The number of benzene rings is 3. The summed E-state index contributed by atoms with van der Waals surface area (Å²) in [5.41, 5.74) is 1.00. The monoisotopic (exact) mass is 567 g/mol. The van der Waals surface area contributed by atoms with Gasteiger partial charge in [-0.3, -0.25) is 4.79 Å². The first-order valence-corrected chi connectivity index (χ1v) is 13.6. The van der Waals surface area contributed by atoms with Crippen molar-refractivity contribution < 1.29 is 27.1 Å². The highest BCUT2D eigenvalue weighted by Gasteiger charge is 2.25. The van der Waals surface area contributed by atoms with Gasteiger partial charge in [-0.1, -0.05) is 6.07 Å². The van der Waals surface area contributed by atoms with Gasteiger partial charge < -0.3 is 19.9 Å². The molecule has 1 aromatic heterocycles. The van der Waals surface area contributed by atoms with Crippen LogP contribution in [0.25, 0.3) is 22.0 Å². The number of rotatable bonds is 5. The fourth-order valence-corrected chi connectivity index (χ4v) is 5.42. The average Bonchev–Trinajstić information content (AvgIpc) is 3.34. The maximum absolute atomic E-state index is 14.6. The van der Waals surface area contributed by atoms with Crippen LogP contribution in [0.5, 0.6) is 0 Å². The minimum absolute atomic E-state index is 0.0692. The Morgan fingerprint density at radius 3 is 2.29 bits per heavy atom. The minimum atomic E-state index is -1.49. The van der Waals surface area contributed by atoms with Crippen LogP contribution in [0.1, 0.15) is 35.8 Å². The third-order valence-corrected chi connectivity index (χ3v) is 7.77. The lowest BCUT2D eigenvalue weighted by Gasteiger charge is -2.34. The molecule has 0 bridgehead atoms. The number of likely N-dealkylation sites (N-methyl/N-ethyl adjacent to an activating group) is 1. The molecule has 2 aliphatic rings. The molecule has 2 aliphatic heterocycles. The van der Waals surface area contributed by atoms with Crippen molar-refractivity contribution in [3.05, 3.63) is 77.4 Å². The summed E-state index contributed by atoms with van der Waals surface area (Å²) in [7, 11) is 2.09. The van der Waals surface area contributed by atoms with E-state index in [0.717, 1.165) is 44.7 Å². The molecule has 3 heterocycles. The van der Waals surface area contributed by atoms with E-state index < -0.39 is 35.1 Å². The van der Waals surface area contributed by atoms with Crippen LogP contribution in [0.2, 0.25) is 0 Å². The molecule has 0 radical (unpaired) electrons. The third-order valence-electron chi connectivity index (χ3n) is 7.77. The minimum Gasteiger partial charge on any atom is -0.369 e. The van der Waals surface area contributed by atoms with Crippen LogP contribution in [-0.2, 0) is 4.74 Å². The molecule has 1 N–H and O–H groups in total. The number of nitrogens with one attached hydrogen (secondary N) is 1. The molecule has 1 atom stereocenters. The Kier molecular flexibility index (Phi) is 7.39. The summed E-state index contributed by atoms with van der Waals surface area (Å²) in [5, 5.41) is 7.94. The van der Waals surface area contributed by atoms with E-state index in [1.807, 2.05) is 12.1 Å². The number of aromatic nitrogens is 2. The lowest BCUT2D eigenvalue weighted by atomic mass is 10.0. The van der Waals surface area contributed by atoms with Crippen LogP contribution >= 0.6 is 0 Å². The summed E-state index contributed by atoms with van der Waals surface area (Å²) in [5.74, 6) is -6.10. The number of amides is 1. The Balaban J connectivity index is 1.33. The second-order valence-corrected chi connectivity index (χ2v) is 10.5. The molecule has 7 nitrogen and oxygen atoms in total. The molecule has 0 spiro atoms. The number of nitrogens with zero attached hydrogens (tertiary/aromatic N) is 4. The predicted molar refractivity (Wildman–Crippen MR) is 148 cm³/mol. The lowest BCUT2D eigenvalue weighted by molar-refractivity contribution is -0.0365. The predicted octanol–water partition coefficient (Wildman–Crippen LogP) is 5.96. The first-order valence-electron chi connectivity index (χ1n) is 13.6. The Morgan fingerprint density at radius 2 is 1.63 bits per heavy atom.